The fraction of sp³-hybridized carbons (Fsp3) is 0.571. The molecule has 0 aliphatic rings. The number of benzene rings is 1. The predicted molar refractivity (Wildman–Crippen MR) is 84.9 cm³/mol. The molecule has 0 aliphatic heterocycles. The summed E-state index contributed by atoms with van der Waals surface area (Å²) in [4.78, 5) is 2.26. The smallest absolute Gasteiger partial charge is 0.240 e. The van der Waals surface area contributed by atoms with Gasteiger partial charge in [0.05, 0.1) is 11.5 Å². The molecule has 5 nitrogen and oxygen atoms in total. The maximum Gasteiger partial charge on any atom is 0.240 e. The molecule has 0 heterocycles. The Bertz CT molecular complexity index is 559. The third kappa shape index (κ3) is 5.23. The average molecular weight is 335 g/mol. The molecule has 0 spiro atoms. The SMILES string of the molecule is CCN(CC)CC(C)NS(=O)(=O)c1ccc(CO)c(Cl)c1. The average Bonchev–Trinajstić information content (AvgIpc) is 2.44. The number of nitrogens with one attached hydrogen (secondary N) is 1. The summed E-state index contributed by atoms with van der Waals surface area (Å²) in [6, 6.07) is 4.13. The second-order valence-electron chi connectivity index (χ2n) is 4.92. The van der Waals surface area contributed by atoms with Gasteiger partial charge < -0.3 is 10.0 Å². The lowest BCUT2D eigenvalue weighted by Gasteiger charge is -2.23. The van der Waals surface area contributed by atoms with Crippen molar-refractivity contribution in [2.45, 2.75) is 38.3 Å². The molecular formula is C14H23ClN2O3S. The Morgan fingerprint density at radius 1 is 1.33 bits per heavy atom. The predicted octanol–water partition coefficient (Wildman–Crippen LogP) is 1.84. The number of hydrogen-bond donors (Lipinski definition) is 2. The summed E-state index contributed by atoms with van der Waals surface area (Å²) in [5, 5.41) is 9.30. The topological polar surface area (TPSA) is 69.6 Å². The van der Waals surface area contributed by atoms with Crippen LogP contribution in [0.1, 0.15) is 26.3 Å². The number of hydrogen-bond acceptors (Lipinski definition) is 4. The lowest BCUT2D eigenvalue weighted by molar-refractivity contribution is 0.281. The van der Waals surface area contributed by atoms with Gasteiger partial charge in [-0.1, -0.05) is 31.5 Å². The fourth-order valence-electron chi connectivity index (χ4n) is 2.06. The molecule has 120 valence electrons. The number of halogens is 1. The van der Waals surface area contributed by atoms with Crippen LogP contribution >= 0.6 is 11.6 Å². The summed E-state index contributed by atoms with van der Waals surface area (Å²) in [6.07, 6.45) is 0. The van der Waals surface area contributed by atoms with Crippen LogP contribution in [0.4, 0.5) is 0 Å². The highest BCUT2D eigenvalue weighted by molar-refractivity contribution is 7.89. The number of aliphatic hydroxyl groups excluding tert-OH is 1. The Balaban J connectivity index is 2.84. The number of rotatable bonds is 8. The van der Waals surface area contributed by atoms with Gasteiger partial charge in [0.2, 0.25) is 10.0 Å². The number of likely N-dealkylation sites (N-methyl/N-ethyl adjacent to an activating group) is 1. The fourth-order valence-corrected chi connectivity index (χ4v) is 3.63. The zero-order valence-corrected chi connectivity index (χ0v) is 14.2. The second-order valence-corrected chi connectivity index (χ2v) is 7.04. The van der Waals surface area contributed by atoms with E-state index in [0.29, 0.717) is 12.1 Å². The highest BCUT2D eigenvalue weighted by Gasteiger charge is 2.19. The monoisotopic (exact) mass is 334 g/mol. The molecule has 0 radical (unpaired) electrons. The van der Waals surface area contributed by atoms with E-state index in [0.717, 1.165) is 13.1 Å². The van der Waals surface area contributed by atoms with E-state index in [1.54, 1.807) is 0 Å². The first kappa shape index (κ1) is 18.4. The first-order valence-electron chi connectivity index (χ1n) is 6.98. The van der Waals surface area contributed by atoms with Crippen LogP contribution in [-0.2, 0) is 16.6 Å². The highest BCUT2D eigenvalue weighted by Crippen LogP contribution is 2.21. The maximum absolute atomic E-state index is 12.3. The van der Waals surface area contributed by atoms with Gasteiger partial charge in [-0.3, -0.25) is 0 Å². The van der Waals surface area contributed by atoms with Crippen molar-refractivity contribution in [3.05, 3.63) is 28.8 Å². The molecular weight excluding hydrogens is 312 g/mol. The molecule has 0 aromatic heterocycles. The van der Waals surface area contributed by atoms with Gasteiger partial charge in [0.1, 0.15) is 0 Å². The van der Waals surface area contributed by atoms with Gasteiger partial charge >= 0.3 is 0 Å². The van der Waals surface area contributed by atoms with Crippen LogP contribution < -0.4 is 4.72 Å². The zero-order valence-electron chi connectivity index (χ0n) is 12.6. The van der Waals surface area contributed by atoms with Gasteiger partial charge in [0.15, 0.2) is 0 Å². The third-order valence-electron chi connectivity index (χ3n) is 3.29. The van der Waals surface area contributed by atoms with Crippen LogP contribution in [0, 0.1) is 0 Å². The molecule has 0 saturated heterocycles. The van der Waals surface area contributed by atoms with Crippen molar-refractivity contribution in [2.24, 2.45) is 0 Å². The summed E-state index contributed by atoms with van der Waals surface area (Å²) < 4.78 is 27.2. The molecule has 21 heavy (non-hydrogen) atoms. The Labute approximate surface area is 132 Å². The Hall–Kier alpha value is -0.660. The first-order valence-corrected chi connectivity index (χ1v) is 8.84. The van der Waals surface area contributed by atoms with E-state index in [9.17, 15) is 8.42 Å². The number of sulfonamides is 1. The van der Waals surface area contributed by atoms with Gasteiger partial charge in [-0.2, -0.15) is 0 Å². The molecule has 1 atom stereocenters. The first-order chi connectivity index (χ1) is 9.83. The van der Waals surface area contributed by atoms with E-state index >= 15 is 0 Å². The minimum absolute atomic E-state index is 0.107. The second kappa shape index (κ2) is 8.10. The lowest BCUT2D eigenvalue weighted by atomic mass is 10.2. The van der Waals surface area contributed by atoms with Crippen molar-refractivity contribution in [3.63, 3.8) is 0 Å². The van der Waals surface area contributed by atoms with Crippen molar-refractivity contribution in [3.8, 4) is 0 Å². The van der Waals surface area contributed by atoms with Crippen LogP contribution in [0.15, 0.2) is 23.1 Å². The van der Waals surface area contributed by atoms with Crippen molar-refractivity contribution in [1.29, 1.82) is 0 Å². The highest BCUT2D eigenvalue weighted by atomic mass is 35.5. The van der Waals surface area contributed by atoms with E-state index in [2.05, 4.69) is 9.62 Å². The van der Waals surface area contributed by atoms with E-state index in [4.69, 9.17) is 16.7 Å². The zero-order chi connectivity index (χ0) is 16.0. The maximum atomic E-state index is 12.3. The molecule has 1 aromatic carbocycles. The van der Waals surface area contributed by atoms with Gasteiger partial charge in [-0.25, -0.2) is 13.1 Å². The van der Waals surface area contributed by atoms with Crippen molar-refractivity contribution in [2.75, 3.05) is 19.6 Å². The minimum atomic E-state index is -3.61. The van der Waals surface area contributed by atoms with Crippen LogP contribution in [-0.4, -0.2) is 44.1 Å². The van der Waals surface area contributed by atoms with Gasteiger partial charge in [-0.05, 0) is 37.7 Å². The summed E-state index contributed by atoms with van der Waals surface area (Å²) in [7, 11) is -3.61. The van der Waals surface area contributed by atoms with E-state index in [-0.39, 0.29) is 22.6 Å². The van der Waals surface area contributed by atoms with Crippen LogP contribution in [0.5, 0.6) is 0 Å². The summed E-state index contributed by atoms with van der Waals surface area (Å²) in [5.41, 5.74) is 0.506. The van der Waals surface area contributed by atoms with Gasteiger partial charge in [0, 0.05) is 17.6 Å². The normalized spacial score (nSPS) is 13.6. The molecule has 1 unspecified atom stereocenters. The number of aliphatic hydroxyl groups is 1. The largest absolute Gasteiger partial charge is 0.392 e. The Morgan fingerprint density at radius 3 is 2.43 bits per heavy atom. The molecule has 0 fully saturated rings. The van der Waals surface area contributed by atoms with Crippen molar-refractivity contribution >= 4 is 21.6 Å². The van der Waals surface area contributed by atoms with Gasteiger partial charge in [0.25, 0.3) is 0 Å². The summed E-state index contributed by atoms with van der Waals surface area (Å²) >= 11 is 5.94. The minimum Gasteiger partial charge on any atom is -0.392 e. The molecule has 1 rings (SSSR count). The van der Waals surface area contributed by atoms with Crippen LogP contribution in [0.3, 0.4) is 0 Å². The Kier molecular flexibility index (Phi) is 7.09. The molecule has 0 amide bonds. The number of nitrogens with zero attached hydrogens (tertiary/aromatic N) is 1. The van der Waals surface area contributed by atoms with E-state index in [1.807, 2.05) is 20.8 Å². The lowest BCUT2D eigenvalue weighted by Crippen LogP contribution is -2.41. The van der Waals surface area contributed by atoms with E-state index in [1.165, 1.54) is 18.2 Å². The van der Waals surface area contributed by atoms with Crippen LogP contribution in [0.25, 0.3) is 0 Å². The standard InChI is InChI=1S/C14H23ClN2O3S/c1-4-17(5-2)9-11(3)16-21(19,20)13-7-6-12(10-18)14(15)8-13/h6-8,11,16,18H,4-5,9-10H2,1-3H3. The molecule has 0 aliphatic carbocycles. The summed E-state index contributed by atoms with van der Waals surface area (Å²) in [5.74, 6) is 0. The van der Waals surface area contributed by atoms with Crippen molar-refractivity contribution in [1.82, 2.24) is 9.62 Å². The molecule has 0 saturated carbocycles. The van der Waals surface area contributed by atoms with Gasteiger partial charge in [-0.15, -0.1) is 0 Å². The quantitative estimate of drug-likeness (QED) is 0.761. The molecule has 0 bridgehead atoms. The third-order valence-corrected chi connectivity index (χ3v) is 5.23. The van der Waals surface area contributed by atoms with Crippen LogP contribution in [0.2, 0.25) is 5.02 Å². The van der Waals surface area contributed by atoms with E-state index < -0.39 is 10.0 Å². The van der Waals surface area contributed by atoms with Crippen molar-refractivity contribution < 1.29 is 13.5 Å². The molecule has 7 heteroatoms. The summed E-state index contributed by atoms with van der Waals surface area (Å²) in [6.45, 7) is 8.09. The molecule has 1 aromatic rings. The molecule has 2 N–H and O–H groups in total. The Morgan fingerprint density at radius 2 is 1.95 bits per heavy atom.